The number of carbonyl (C=O) groups excluding carboxylic acids is 1. The number of rotatable bonds is 3. The van der Waals surface area contributed by atoms with Crippen LogP contribution in [-0.4, -0.2) is 22.0 Å². The van der Waals surface area contributed by atoms with Gasteiger partial charge < -0.3 is 10.4 Å². The fourth-order valence-electron chi connectivity index (χ4n) is 1.68. The highest BCUT2D eigenvalue weighted by Gasteiger charge is 2.17. The molecule has 0 bridgehead atoms. The van der Waals surface area contributed by atoms with Crippen LogP contribution in [0.1, 0.15) is 26.3 Å². The summed E-state index contributed by atoms with van der Waals surface area (Å²) in [6.45, 7) is 1.54. The Hall–Kier alpha value is -2.76. The Kier molecular flexibility index (Phi) is 3.74. The van der Waals surface area contributed by atoms with E-state index >= 15 is 0 Å². The maximum absolute atomic E-state index is 13.8. The first kappa shape index (κ1) is 13.7. The number of carboxylic acid groups (broad SMARTS) is 1. The Morgan fingerprint density at radius 3 is 2.60 bits per heavy atom. The second kappa shape index (κ2) is 5.48. The van der Waals surface area contributed by atoms with Gasteiger partial charge in [-0.15, -0.1) is 0 Å². The summed E-state index contributed by atoms with van der Waals surface area (Å²) in [6.07, 6.45) is 1.34. The van der Waals surface area contributed by atoms with Crippen molar-refractivity contribution in [2.45, 2.75) is 6.92 Å². The molecule has 0 spiro atoms. The molecular weight excluding hydrogens is 263 g/mol. The lowest BCUT2D eigenvalue weighted by molar-refractivity contribution is 0.0697. The zero-order valence-electron chi connectivity index (χ0n) is 10.6. The van der Waals surface area contributed by atoms with Crippen LogP contribution in [0.25, 0.3) is 0 Å². The van der Waals surface area contributed by atoms with Gasteiger partial charge in [-0.25, -0.2) is 14.2 Å². The first-order valence-electron chi connectivity index (χ1n) is 5.75. The van der Waals surface area contributed by atoms with E-state index in [0.717, 1.165) is 0 Å². The van der Waals surface area contributed by atoms with Crippen molar-refractivity contribution in [1.29, 1.82) is 0 Å². The smallest absolute Gasteiger partial charge is 0.339 e. The lowest BCUT2D eigenvalue weighted by Gasteiger charge is -2.08. The van der Waals surface area contributed by atoms with Gasteiger partial charge >= 0.3 is 5.97 Å². The van der Waals surface area contributed by atoms with Gasteiger partial charge in [0.05, 0.1) is 5.56 Å². The average molecular weight is 274 g/mol. The van der Waals surface area contributed by atoms with Gasteiger partial charge in [-0.2, -0.15) is 0 Å². The summed E-state index contributed by atoms with van der Waals surface area (Å²) in [7, 11) is 0. The van der Waals surface area contributed by atoms with E-state index in [9.17, 15) is 14.0 Å². The minimum absolute atomic E-state index is 0.120. The number of halogens is 1. The van der Waals surface area contributed by atoms with E-state index in [-0.39, 0.29) is 16.9 Å². The van der Waals surface area contributed by atoms with Crippen LogP contribution in [0.5, 0.6) is 0 Å². The molecule has 20 heavy (non-hydrogen) atoms. The number of benzene rings is 1. The maximum atomic E-state index is 13.8. The molecule has 6 heteroatoms. The van der Waals surface area contributed by atoms with E-state index in [0.29, 0.717) is 5.56 Å². The fraction of sp³-hybridized carbons (Fsp3) is 0.0714. The minimum atomic E-state index is -1.22. The zero-order chi connectivity index (χ0) is 14.7. The Morgan fingerprint density at radius 2 is 1.90 bits per heavy atom. The lowest BCUT2D eigenvalue weighted by Crippen LogP contribution is -2.17. The lowest BCUT2D eigenvalue weighted by atomic mass is 10.1. The second-order valence-electron chi connectivity index (χ2n) is 4.10. The van der Waals surface area contributed by atoms with Crippen molar-refractivity contribution < 1.29 is 19.1 Å². The molecule has 0 saturated carbocycles. The standard InChI is InChI=1S/C14H11FN2O3/c1-8-4-2-5-9(11(8)15)13(18)17-12-10(14(19)20)6-3-7-16-12/h2-7H,1H3,(H,19,20)(H,16,17,18). The van der Waals surface area contributed by atoms with Gasteiger partial charge in [0.25, 0.3) is 5.91 Å². The van der Waals surface area contributed by atoms with Crippen LogP contribution in [0.2, 0.25) is 0 Å². The van der Waals surface area contributed by atoms with Gasteiger partial charge in [-0.3, -0.25) is 4.79 Å². The average Bonchev–Trinajstić information content (AvgIpc) is 2.42. The molecule has 102 valence electrons. The first-order chi connectivity index (χ1) is 9.50. The molecule has 2 N–H and O–H groups in total. The van der Waals surface area contributed by atoms with Crippen LogP contribution >= 0.6 is 0 Å². The molecule has 5 nitrogen and oxygen atoms in total. The number of nitrogens with one attached hydrogen (secondary N) is 1. The summed E-state index contributed by atoms with van der Waals surface area (Å²) < 4.78 is 13.8. The fourth-order valence-corrected chi connectivity index (χ4v) is 1.68. The third kappa shape index (κ3) is 2.64. The highest BCUT2D eigenvalue weighted by molar-refractivity contribution is 6.07. The summed E-state index contributed by atoms with van der Waals surface area (Å²) in [5, 5.41) is 11.3. The van der Waals surface area contributed by atoms with E-state index in [1.165, 1.54) is 37.4 Å². The molecule has 0 aliphatic carbocycles. The van der Waals surface area contributed by atoms with E-state index in [4.69, 9.17) is 5.11 Å². The highest BCUT2D eigenvalue weighted by atomic mass is 19.1. The molecule has 2 aromatic rings. The number of aromatic nitrogens is 1. The van der Waals surface area contributed by atoms with Crippen molar-refractivity contribution in [3.8, 4) is 0 Å². The number of pyridine rings is 1. The number of hydrogen-bond acceptors (Lipinski definition) is 3. The van der Waals surface area contributed by atoms with Gasteiger partial charge in [0.15, 0.2) is 0 Å². The number of aromatic carboxylic acids is 1. The van der Waals surface area contributed by atoms with Crippen LogP contribution in [0, 0.1) is 12.7 Å². The monoisotopic (exact) mass is 274 g/mol. The molecule has 1 amide bonds. The van der Waals surface area contributed by atoms with Gasteiger partial charge in [-0.1, -0.05) is 12.1 Å². The number of aryl methyl sites for hydroxylation is 1. The van der Waals surface area contributed by atoms with E-state index < -0.39 is 17.7 Å². The third-order valence-corrected chi connectivity index (χ3v) is 2.71. The summed E-state index contributed by atoms with van der Waals surface area (Å²) in [5.41, 5.74) is 0.0121. The highest BCUT2D eigenvalue weighted by Crippen LogP contribution is 2.16. The largest absolute Gasteiger partial charge is 0.478 e. The van der Waals surface area contributed by atoms with Gasteiger partial charge in [0.2, 0.25) is 0 Å². The van der Waals surface area contributed by atoms with Crippen molar-refractivity contribution in [2.24, 2.45) is 0 Å². The molecule has 0 unspecified atom stereocenters. The Labute approximate surface area is 114 Å². The molecule has 0 fully saturated rings. The maximum Gasteiger partial charge on any atom is 0.339 e. The van der Waals surface area contributed by atoms with Crippen molar-refractivity contribution in [1.82, 2.24) is 4.98 Å². The summed E-state index contributed by atoms with van der Waals surface area (Å²) in [5.74, 6) is -2.73. The van der Waals surface area contributed by atoms with E-state index in [1.54, 1.807) is 6.07 Å². The Bertz CT molecular complexity index is 686. The topological polar surface area (TPSA) is 79.3 Å². The molecule has 1 heterocycles. The molecular formula is C14H11FN2O3. The van der Waals surface area contributed by atoms with Crippen LogP contribution in [0.15, 0.2) is 36.5 Å². The first-order valence-corrected chi connectivity index (χ1v) is 5.75. The number of anilines is 1. The summed E-state index contributed by atoms with van der Waals surface area (Å²) in [6, 6.07) is 7.14. The summed E-state index contributed by atoms with van der Waals surface area (Å²) >= 11 is 0. The van der Waals surface area contributed by atoms with Gasteiger partial charge in [0, 0.05) is 6.20 Å². The second-order valence-corrected chi connectivity index (χ2v) is 4.10. The number of carboxylic acids is 1. The predicted molar refractivity (Wildman–Crippen MR) is 70.3 cm³/mol. The zero-order valence-corrected chi connectivity index (χ0v) is 10.6. The molecule has 2 rings (SSSR count). The van der Waals surface area contributed by atoms with Crippen LogP contribution in [0.4, 0.5) is 10.2 Å². The van der Waals surface area contributed by atoms with Crippen molar-refractivity contribution in [3.63, 3.8) is 0 Å². The summed E-state index contributed by atoms with van der Waals surface area (Å²) in [4.78, 5) is 26.8. The molecule has 1 aromatic heterocycles. The van der Waals surface area contributed by atoms with Crippen LogP contribution in [0.3, 0.4) is 0 Å². The predicted octanol–water partition coefficient (Wildman–Crippen LogP) is 2.48. The molecule has 0 aliphatic rings. The number of carbonyl (C=O) groups is 2. The van der Waals surface area contributed by atoms with Gasteiger partial charge in [0.1, 0.15) is 17.2 Å². The van der Waals surface area contributed by atoms with Crippen LogP contribution in [-0.2, 0) is 0 Å². The molecule has 0 atom stereocenters. The third-order valence-electron chi connectivity index (χ3n) is 2.71. The van der Waals surface area contributed by atoms with Crippen molar-refractivity contribution >= 4 is 17.7 Å². The number of nitrogens with zero attached hydrogens (tertiary/aromatic N) is 1. The molecule has 0 aliphatic heterocycles. The van der Waals surface area contributed by atoms with E-state index in [1.807, 2.05) is 0 Å². The normalized spacial score (nSPS) is 10.1. The Morgan fingerprint density at radius 1 is 1.20 bits per heavy atom. The van der Waals surface area contributed by atoms with Gasteiger partial charge in [-0.05, 0) is 30.7 Å². The van der Waals surface area contributed by atoms with Crippen LogP contribution < -0.4 is 5.32 Å². The molecule has 0 radical (unpaired) electrons. The number of hydrogen-bond donors (Lipinski definition) is 2. The van der Waals surface area contributed by atoms with Crippen molar-refractivity contribution in [2.75, 3.05) is 5.32 Å². The molecule has 0 saturated heterocycles. The van der Waals surface area contributed by atoms with Crippen molar-refractivity contribution in [3.05, 3.63) is 59.0 Å². The number of amides is 1. The van der Waals surface area contributed by atoms with E-state index in [2.05, 4.69) is 10.3 Å². The molecule has 1 aromatic carbocycles. The SMILES string of the molecule is Cc1cccc(C(=O)Nc2ncccc2C(=O)O)c1F. The Balaban J connectivity index is 2.33. The minimum Gasteiger partial charge on any atom is -0.478 e. The quantitative estimate of drug-likeness (QED) is 0.901.